The number of aliphatic imine (C=N–C) groups is 1. The minimum atomic E-state index is 0.556. The second-order valence-corrected chi connectivity index (χ2v) is 5.83. The number of nitrogens with one attached hydrogen (secondary N) is 2. The van der Waals surface area contributed by atoms with Gasteiger partial charge in [0.25, 0.3) is 0 Å². The fraction of sp³-hybridized carbons (Fsp3) is 0.667. The van der Waals surface area contributed by atoms with Crippen LogP contribution in [0.5, 0.6) is 0 Å². The monoisotopic (exact) mass is 347 g/mol. The predicted molar refractivity (Wildman–Crippen MR) is 96.0 cm³/mol. The van der Waals surface area contributed by atoms with E-state index < -0.39 is 0 Å². The molecule has 0 aliphatic carbocycles. The van der Waals surface area contributed by atoms with Crippen LogP contribution in [0.1, 0.15) is 26.0 Å². The van der Waals surface area contributed by atoms with Crippen LogP contribution >= 0.6 is 23.2 Å². The molecule has 1 aromatic heterocycles. The van der Waals surface area contributed by atoms with Crippen LogP contribution in [-0.4, -0.2) is 48.7 Å². The number of hydrogen-bond donors (Lipinski definition) is 2. The standard InChI is InChI=1S/C15H27Cl2N5/c1-5-22(6-2)9-7-8-19-15(18-3)20-11-12-10-13(16)14(17)21(12)4/h10H,5-9,11H2,1-4H3,(H2,18,19,20). The van der Waals surface area contributed by atoms with Gasteiger partial charge in [0.2, 0.25) is 0 Å². The Kier molecular flexibility index (Phi) is 8.68. The van der Waals surface area contributed by atoms with Crippen molar-refractivity contribution in [2.45, 2.75) is 26.8 Å². The molecule has 7 heteroatoms. The summed E-state index contributed by atoms with van der Waals surface area (Å²) in [6, 6.07) is 1.87. The molecule has 1 heterocycles. The Balaban J connectivity index is 2.35. The number of hydrogen-bond acceptors (Lipinski definition) is 2. The van der Waals surface area contributed by atoms with Gasteiger partial charge >= 0.3 is 0 Å². The highest BCUT2D eigenvalue weighted by atomic mass is 35.5. The SMILES string of the molecule is CCN(CC)CCCNC(=NC)NCc1cc(Cl)c(Cl)n1C. The summed E-state index contributed by atoms with van der Waals surface area (Å²) in [5, 5.41) is 7.72. The van der Waals surface area contributed by atoms with Crippen LogP contribution in [0.15, 0.2) is 11.1 Å². The Bertz CT molecular complexity index is 481. The lowest BCUT2D eigenvalue weighted by atomic mass is 10.3. The summed E-state index contributed by atoms with van der Waals surface area (Å²) in [4.78, 5) is 6.63. The average Bonchev–Trinajstić information content (AvgIpc) is 2.77. The summed E-state index contributed by atoms with van der Waals surface area (Å²) in [7, 11) is 3.66. The molecule has 1 aromatic rings. The molecule has 0 aliphatic heterocycles. The molecule has 0 saturated carbocycles. The minimum Gasteiger partial charge on any atom is -0.356 e. The molecule has 0 saturated heterocycles. The maximum Gasteiger partial charge on any atom is 0.191 e. The van der Waals surface area contributed by atoms with Crippen LogP contribution in [0.25, 0.3) is 0 Å². The van der Waals surface area contributed by atoms with E-state index in [1.807, 2.05) is 17.7 Å². The van der Waals surface area contributed by atoms with E-state index in [1.54, 1.807) is 7.05 Å². The summed E-state index contributed by atoms with van der Waals surface area (Å²) < 4.78 is 1.87. The molecular weight excluding hydrogens is 321 g/mol. The van der Waals surface area contributed by atoms with Crippen molar-refractivity contribution in [1.82, 2.24) is 20.1 Å². The maximum atomic E-state index is 6.06. The smallest absolute Gasteiger partial charge is 0.191 e. The van der Waals surface area contributed by atoms with E-state index in [9.17, 15) is 0 Å². The zero-order valence-electron chi connectivity index (χ0n) is 13.9. The van der Waals surface area contributed by atoms with Crippen LogP contribution in [0.2, 0.25) is 10.2 Å². The third-order valence-electron chi connectivity index (χ3n) is 3.71. The third kappa shape index (κ3) is 5.71. The molecule has 2 N–H and O–H groups in total. The van der Waals surface area contributed by atoms with Crippen molar-refractivity contribution in [3.05, 3.63) is 21.9 Å². The van der Waals surface area contributed by atoms with Crippen LogP contribution in [-0.2, 0) is 13.6 Å². The fourth-order valence-electron chi connectivity index (χ4n) is 2.20. The molecule has 0 spiro atoms. The summed E-state index contributed by atoms with van der Waals surface area (Å²) in [5.41, 5.74) is 1.01. The number of nitrogens with zero attached hydrogens (tertiary/aromatic N) is 3. The van der Waals surface area contributed by atoms with Crippen molar-refractivity contribution in [2.75, 3.05) is 33.2 Å². The van der Waals surface area contributed by atoms with E-state index >= 15 is 0 Å². The van der Waals surface area contributed by atoms with E-state index in [4.69, 9.17) is 23.2 Å². The first kappa shape index (κ1) is 19.1. The molecule has 0 fully saturated rings. The second kappa shape index (κ2) is 9.98. The van der Waals surface area contributed by atoms with E-state index in [1.165, 1.54) is 0 Å². The van der Waals surface area contributed by atoms with Crippen molar-refractivity contribution in [3.63, 3.8) is 0 Å². The molecule has 126 valence electrons. The quantitative estimate of drug-likeness (QED) is 0.431. The van der Waals surface area contributed by atoms with E-state index in [0.717, 1.165) is 44.3 Å². The molecule has 0 atom stereocenters. The van der Waals surface area contributed by atoms with Crippen LogP contribution < -0.4 is 10.6 Å². The maximum absolute atomic E-state index is 6.06. The Labute approximate surface area is 143 Å². The van der Waals surface area contributed by atoms with Gasteiger partial charge in [-0.25, -0.2) is 0 Å². The van der Waals surface area contributed by atoms with Gasteiger partial charge in [0.15, 0.2) is 5.96 Å². The van der Waals surface area contributed by atoms with Crippen molar-refractivity contribution >= 4 is 29.2 Å². The molecule has 0 aromatic carbocycles. The highest BCUT2D eigenvalue weighted by molar-refractivity contribution is 6.41. The predicted octanol–water partition coefficient (Wildman–Crippen LogP) is 2.73. The molecule has 0 radical (unpaired) electrons. The molecule has 0 amide bonds. The van der Waals surface area contributed by atoms with Gasteiger partial charge < -0.3 is 20.1 Å². The van der Waals surface area contributed by atoms with Gasteiger partial charge in [-0.05, 0) is 32.1 Å². The second-order valence-electron chi connectivity index (χ2n) is 5.07. The van der Waals surface area contributed by atoms with Gasteiger partial charge in [0.05, 0.1) is 11.6 Å². The Morgan fingerprint density at radius 2 is 1.95 bits per heavy atom. The first-order valence-electron chi connectivity index (χ1n) is 7.69. The average molecular weight is 348 g/mol. The summed E-state index contributed by atoms with van der Waals surface area (Å²) in [6.45, 7) is 9.18. The van der Waals surface area contributed by atoms with Gasteiger partial charge in [0.1, 0.15) is 5.15 Å². The molecule has 0 bridgehead atoms. The molecular formula is C15H27Cl2N5. The highest BCUT2D eigenvalue weighted by Crippen LogP contribution is 2.24. The van der Waals surface area contributed by atoms with E-state index in [-0.39, 0.29) is 0 Å². The zero-order valence-corrected chi connectivity index (χ0v) is 15.4. The lowest BCUT2D eigenvalue weighted by Crippen LogP contribution is -2.38. The summed E-state index contributed by atoms with van der Waals surface area (Å²) in [6.07, 6.45) is 1.09. The van der Waals surface area contributed by atoms with E-state index in [2.05, 4.69) is 34.4 Å². The highest BCUT2D eigenvalue weighted by Gasteiger charge is 2.09. The Morgan fingerprint density at radius 3 is 2.45 bits per heavy atom. The number of rotatable bonds is 8. The molecule has 0 unspecified atom stereocenters. The number of guanidine groups is 1. The summed E-state index contributed by atoms with van der Waals surface area (Å²) in [5.74, 6) is 0.785. The lowest BCUT2D eigenvalue weighted by molar-refractivity contribution is 0.300. The molecule has 5 nitrogen and oxygen atoms in total. The van der Waals surface area contributed by atoms with Crippen molar-refractivity contribution in [3.8, 4) is 0 Å². The van der Waals surface area contributed by atoms with Crippen molar-refractivity contribution in [2.24, 2.45) is 12.0 Å². The van der Waals surface area contributed by atoms with Gasteiger partial charge in [-0.1, -0.05) is 37.0 Å². The largest absolute Gasteiger partial charge is 0.356 e. The molecule has 0 aliphatic rings. The normalized spacial score (nSPS) is 12.0. The van der Waals surface area contributed by atoms with E-state index in [0.29, 0.717) is 16.7 Å². The fourth-order valence-corrected chi connectivity index (χ4v) is 2.62. The Hall–Kier alpha value is -0.910. The Morgan fingerprint density at radius 1 is 1.27 bits per heavy atom. The van der Waals surface area contributed by atoms with Gasteiger partial charge in [0, 0.05) is 26.3 Å². The molecule has 22 heavy (non-hydrogen) atoms. The third-order valence-corrected chi connectivity index (χ3v) is 4.56. The van der Waals surface area contributed by atoms with Gasteiger partial charge in [-0.3, -0.25) is 4.99 Å². The first-order chi connectivity index (χ1) is 10.5. The van der Waals surface area contributed by atoms with Crippen molar-refractivity contribution < 1.29 is 0 Å². The number of halogens is 2. The van der Waals surface area contributed by atoms with Crippen LogP contribution in [0.4, 0.5) is 0 Å². The van der Waals surface area contributed by atoms with Crippen molar-refractivity contribution in [1.29, 1.82) is 0 Å². The van der Waals surface area contributed by atoms with Crippen LogP contribution in [0.3, 0.4) is 0 Å². The molecule has 1 rings (SSSR count). The minimum absolute atomic E-state index is 0.556. The van der Waals surface area contributed by atoms with Gasteiger partial charge in [-0.15, -0.1) is 0 Å². The first-order valence-corrected chi connectivity index (χ1v) is 8.45. The van der Waals surface area contributed by atoms with Gasteiger partial charge in [-0.2, -0.15) is 0 Å². The van der Waals surface area contributed by atoms with Crippen LogP contribution in [0, 0.1) is 0 Å². The summed E-state index contributed by atoms with van der Waals surface area (Å²) >= 11 is 12.1. The topological polar surface area (TPSA) is 44.6 Å². The zero-order chi connectivity index (χ0) is 16.5. The number of aromatic nitrogens is 1. The lowest BCUT2D eigenvalue weighted by Gasteiger charge is -2.18.